The van der Waals surface area contributed by atoms with E-state index in [1.807, 2.05) is 49.4 Å². The molecule has 10 nitrogen and oxygen atoms in total. The maximum absolute atomic E-state index is 12.9. The number of imidazole rings is 1. The van der Waals surface area contributed by atoms with Crippen LogP contribution >= 0.6 is 0 Å². The van der Waals surface area contributed by atoms with Gasteiger partial charge in [-0.1, -0.05) is 25.3 Å². The van der Waals surface area contributed by atoms with Crippen LogP contribution in [0.25, 0.3) is 50.4 Å². The van der Waals surface area contributed by atoms with E-state index in [2.05, 4.69) is 25.5 Å². The molecule has 6 rings (SSSR count). The fourth-order valence-corrected chi connectivity index (χ4v) is 5.17. The van der Waals surface area contributed by atoms with Gasteiger partial charge in [0.15, 0.2) is 11.5 Å². The summed E-state index contributed by atoms with van der Waals surface area (Å²) in [7, 11) is 0. The second-order valence-corrected chi connectivity index (χ2v) is 9.86. The molecule has 5 heterocycles. The lowest BCUT2D eigenvalue weighted by atomic mass is 9.88. The number of furan rings is 1. The zero-order valence-corrected chi connectivity index (χ0v) is 22.1. The molecule has 5 aromatic heterocycles. The molecule has 0 spiro atoms. The van der Waals surface area contributed by atoms with Crippen molar-refractivity contribution < 1.29 is 9.21 Å². The predicted octanol–water partition coefficient (Wildman–Crippen LogP) is 5.61. The van der Waals surface area contributed by atoms with E-state index < -0.39 is 0 Å². The summed E-state index contributed by atoms with van der Waals surface area (Å²) in [5.74, 6) is 0.658. The fourth-order valence-electron chi connectivity index (χ4n) is 5.17. The topological polar surface area (TPSA) is 151 Å². The molecule has 0 atom stereocenters. The van der Waals surface area contributed by atoms with E-state index in [9.17, 15) is 4.79 Å². The number of nitrogens with two attached hydrogens (primary N) is 1. The third kappa shape index (κ3) is 4.91. The van der Waals surface area contributed by atoms with E-state index in [-0.39, 0.29) is 11.8 Å². The first kappa shape index (κ1) is 25.3. The highest BCUT2D eigenvalue weighted by Crippen LogP contribution is 2.30. The van der Waals surface area contributed by atoms with Crippen LogP contribution in [0.15, 0.2) is 77.5 Å². The van der Waals surface area contributed by atoms with E-state index in [1.54, 1.807) is 18.7 Å². The number of H-pyrrole nitrogens is 2. The minimum Gasteiger partial charge on any atom is -0.472 e. The third-order valence-corrected chi connectivity index (χ3v) is 7.20. The SMILES string of the molecule is C\C=C/C(=C\C(=C/N)c1ccc2[nH]nc(-c3nc4c(-c5ccoc5)nccc4[nH]3)c2n1)NC(=O)C1CCCCC1. The number of aromatic amines is 2. The minimum absolute atomic E-state index is 0.0451. The van der Waals surface area contributed by atoms with E-state index in [4.69, 9.17) is 20.1 Å². The lowest BCUT2D eigenvalue weighted by Gasteiger charge is -2.21. The molecule has 1 aliphatic carbocycles. The number of pyridine rings is 2. The molecule has 0 aromatic carbocycles. The Kier molecular flexibility index (Phi) is 6.96. The first-order valence-corrected chi connectivity index (χ1v) is 13.4. The lowest BCUT2D eigenvalue weighted by molar-refractivity contribution is -0.125. The molecule has 0 radical (unpaired) electrons. The molecule has 1 saturated carbocycles. The van der Waals surface area contributed by atoms with Gasteiger partial charge in [-0.25, -0.2) is 9.97 Å². The smallest absolute Gasteiger partial charge is 0.227 e. The van der Waals surface area contributed by atoms with Gasteiger partial charge in [-0.3, -0.25) is 14.9 Å². The molecule has 0 unspecified atom stereocenters. The Labute approximate surface area is 230 Å². The first-order valence-electron chi connectivity index (χ1n) is 13.4. The Balaban J connectivity index is 1.34. The quantitative estimate of drug-likeness (QED) is 0.198. The number of allylic oxidation sites excluding steroid dienone is 4. The monoisotopic (exact) mass is 534 g/mol. The van der Waals surface area contributed by atoms with E-state index in [1.165, 1.54) is 12.6 Å². The average molecular weight is 535 g/mol. The van der Waals surface area contributed by atoms with Crippen LogP contribution in [-0.2, 0) is 4.79 Å². The molecule has 5 N–H and O–H groups in total. The standard InChI is InChI=1S/C30H30N8O2/c1-2-6-21(33-30(39)18-7-4-3-5-8-18)15-20(16-31)22-9-10-24-27(34-22)28(38-37-24)29-35-23-11-13-32-25(26(23)36-29)19-12-14-40-17-19/h2,6,9-18H,3-5,7-8,31H2,1H3,(H,33,39)(H,35,36)(H,37,38)/b6-2-,20-16+,21-15+. The summed E-state index contributed by atoms with van der Waals surface area (Å²) in [6, 6.07) is 7.49. The molecule has 10 heteroatoms. The largest absolute Gasteiger partial charge is 0.472 e. The summed E-state index contributed by atoms with van der Waals surface area (Å²) < 4.78 is 5.24. The van der Waals surface area contributed by atoms with Crippen molar-refractivity contribution in [2.24, 2.45) is 11.7 Å². The number of aromatic nitrogens is 6. The number of hydrogen-bond donors (Lipinski definition) is 4. The number of rotatable bonds is 7. The molecule has 1 amide bonds. The van der Waals surface area contributed by atoms with Crippen LogP contribution in [0.2, 0.25) is 0 Å². The summed E-state index contributed by atoms with van der Waals surface area (Å²) in [5, 5.41) is 10.6. The third-order valence-electron chi connectivity index (χ3n) is 7.20. The average Bonchev–Trinajstić information content (AvgIpc) is 3.75. The van der Waals surface area contributed by atoms with Crippen molar-refractivity contribution in [2.75, 3.05) is 0 Å². The highest BCUT2D eigenvalue weighted by atomic mass is 16.3. The maximum atomic E-state index is 12.9. The minimum atomic E-state index is 0.0451. The molecular formula is C30H30N8O2. The number of fused-ring (bicyclic) bond motifs is 2. The normalized spacial score (nSPS) is 15.4. The first-order chi connectivity index (χ1) is 19.6. The van der Waals surface area contributed by atoms with Gasteiger partial charge in [0.25, 0.3) is 0 Å². The van der Waals surface area contributed by atoms with Crippen LogP contribution in [0, 0.1) is 5.92 Å². The van der Waals surface area contributed by atoms with Crippen LogP contribution in [0.4, 0.5) is 0 Å². The van der Waals surface area contributed by atoms with E-state index >= 15 is 0 Å². The molecule has 1 aliphatic rings. The number of carbonyl (C=O) groups is 1. The zero-order valence-electron chi connectivity index (χ0n) is 22.1. The van der Waals surface area contributed by atoms with Crippen molar-refractivity contribution in [3.8, 4) is 22.8 Å². The molecule has 5 aromatic rings. The summed E-state index contributed by atoms with van der Waals surface area (Å²) in [6.07, 6.45) is 17.3. The van der Waals surface area contributed by atoms with Crippen molar-refractivity contribution in [3.63, 3.8) is 0 Å². The van der Waals surface area contributed by atoms with E-state index in [0.717, 1.165) is 42.3 Å². The Bertz CT molecular complexity index is 1750. The Morgan fingerprint density at radius 3 is 2.70 bits per heavy atom. The fraction of sp³-hybridized carbons (Fsp3) is 0.233. The molecular weight excluding hydrogens is 504 g/mol. The van der Waals surface area contributed by atoms with Gasteiger partial charge in [-0.2, -0.15) is 5.10 Å². The summed E-state index contributed by atoms with van der Waals surface area (Å²) in [4.78, 5) is 30.5. The van der Waals surface area contributed by atoms with Gasteiger partial charge in [0, 0.05) is 35.1 Å². The maximum Gasteiger partial charge on any atom is 0.227 e. The number of amides is 1. The highest BCUT2D eigenvalue weighted by Gasteiger charge is 2.22. The predicted molar refractivity (Wildman–Crippen MR) is 154 cm³/mol. The van der Waals surface area contributed by atoms with Crippen LogP contribution < -0.4 is 11.1 Å². The van der Waals surface area contributed by atoms with Gasteiger partial charge < -0.3 is 20.5 Å². The molecule has 0 saturated heterocycles. The summed E-state index contributed by atoms with van der Waals surface area (Å²) in [6.45, 7) is 1.91. The van der Waals surface area contributed by atoms with Crippen molar-refractivity contribution in [3.05, 3.63) is 78.8 Å². The van der Waals surface area contributed by atoms with Crippen molar-refractivity contribution in [1.82, 2.24) is 35.5 Å². The van der Waals surface area contributed by atoms with Crippen molar-refractivity contribution in [2.45, 2.75) is 39.0 Å². The van der Waals surface area contributed by atoms with Gasteiger partial charge in [-0.05, 0) is 56.2 Å². The second kappa shape index (κ2) is 11.0. The summed E-state index contributed by atoms with van der Waals surface area (Å²) >= 11 is 0. The van der Waals surface area contributed by atoms with Gasteiger partial charge >= 0.3 is 0 Å². The van der Waals surface area contributed by atoms with Gasteiger partial charge in [-0.15, -0.1) is 0 Å². The van der Waals surface area contributed by atoms with Crippen molar-refractivity contribution >= 4 is 33.5 Å². The zero-order chi connectivity index (χ0) is 27.5. The van der Waals surface area contributed by atoms with Crippen LogP contribution in [0.3, 0.4) is 0 Å². The van der Waals surface area contributed by atoms with Crippen LogP contribution in [-0.4, -0.2) is 36.0 Å². The van der Waals surface area contributed by atoms with Crippen LogP contribution in [0.1, 0.15) is 44.7 Å². The molecule has 202 valence electrons. The van der Waals surface area contributed by atoms with Crippen molar-refractivity contribution in [1.29, 1.82) is 0 Å². The molecule has 0 aliphatic heterocycles. The van der Waals surface area contributed by atoms with Gasteiger partial charge in [0.2, 0.25) is 5.91 Å². The second-order valence-electron chi connectivity index (χ2n) is 9.86. The highest BCUT2D eigenvalue weighted by molar-refractivity contribution is 5.95. The van der Waals surface area contributed by atoms with Gasteiger partial charge in [0.1, 0.15) is 16.7 Å². The molecule has 40 heavy (non-hydrogen) atoms. The lowest BCUT2D eigenvalue weighted by Crippen LogP contribution is -2.31. The molecule has 0 bridgehead atoms. The Morgan fingerprint density at radius 1 is 1.07 bits per heavy atom. The molecule has 1 fully saturated rings. The summed E-state index contributed by atoms with van der Waals surface area (Å²) in [5.41, 5.74) is 13.1. The number of nitrogens with one attached hydrogen (secondary N) is 3. The Hall–Kier alpha value is -4.99. The van der Waals surface area contributed by atoms with E-state index in [0.29, 0.717) is 45.2 Å². The van der Waals surface area contributed by atoms with Gasteiger partial charge in [0.05, 0.1) is 29.3 Å². The number of nitrogens with zero attached hydrogens (tertiary/aromatic N) is 4. The number of carbonyl (C=O) groups excluding carboxylic acids is 1. The Morgan fingerprint density at radius 2 is 1.93 bits per heavy atom. The van der Waals surface area contributed by atoms with Crippen LogP contribution in [0.5, 0.6) is 0 Å². The number of hydrogen-bond acceptors (Lipinski definition) is 7.